The highest BCUT2D eigenvalue weighted by molar-refractivity contribution is 5.88. The fraction of sp³-hybridized carbons (Fsp3) is 0.170. The van der Waals surface area contributed by atoms with Crippen LogP contribution in [0.25, 0.3) is 11.1 Å². The number of allylic oxidation sites excluding steroid dienone is 6. The normalized spacial score (nSPS) is 13.5. The largest absolute Gasteiger partial charge is 0.310 e. The van der Waals surface area contributed by atoms with Crippen molar-refractivity contribution in [3.8, 4) is 11.1 Å². The van der Waals surface area contributed by atoms with Crippen molar-refractivity contribution in [3.63, 3.8) is 0 Å². The molecule has 0 saturated carbocycles. The van der Waals surface area contributed by atoms with Crippen molar-refractivity contribution < 1.29 is 0 Å². The average Bonchev–Trinajstić information content (AvgIpc) is 3.40. The Balaban J connectivity index is 1.29. The first-order valence-electron chi connectivity index (χ1n) is 19.2. The Morgan fingerprint density at radius 3 is 1.45 bits per heavy atom. The van der Waals surface area contributed by atoms with Gasteiger partial charge in [-0.05, 0) is 138 Å². The number of hydrogen-bond donors (Lipinski definition) is 0. The van der Waals surface area contributed by atoms with Crippen LogP contribution in [0.3, 0.4) is 0 Å². The highest BCUT2D eigenvalue weighted by Crippen LogP contribution is 2.52. The standard InChI is InChI=1S/C53H52N2/c1-10-37(3)23-24-40(11-2)52(6,7)41-25-27-43(28-26-41)55(45-22-16-18-39(5)34-45)47-30-32-49-48-31-29-46(35-50(48)53(8,9)51(49)36-47)54(42-19-13-12-14-20-42)44-21-15-17-38(4)33-44/h10-36H,1-2H2,3-9H3/b37-23+,40-24+. The molecular formula is C53H52N2. The molecule has 0 radical (unpaired) electrons. The van der Waals surface area contributed by atoms with Gasteiger partial charge in [-0.1, -0.05) is 137 Å². The topological polar surface area (TPSA) is 6.48 Å². The highest BCUT2D eigenvalue weighted by atomic mass is 15.1. The van der Waals surface area contributed by atoms with E-state index in [0.717, 1.165) is 45.3 Å². The summed E-state index contributed by atoms with van der Waals surface area (Å²) in [5.74, 6) is 0. The third-order valence-corrected chi connectivity index (χ3v) is 11.3. The smallest absolute Gasteiger partial charge is 0.0465 e. The molecule has 2 heteroatoms. The first kappa shape index (κ1) is 37.2. The average molecular weight is 717 g/mol. The van der Waals surface area contributed by atoms with Gasteiger partial charge < -0.3 is 9.80 Å². The van der Waals surface area contributed by atoms with E-state index in [1.807, 2.05) is 12.2 Å². The van der Waals surface area contributed by atoms with Gasteiger partial charge in [-0.25, -0.2) is 0 Å². The van der Waals surface area contributed by atoms with Crippen molar-refractivity contribution in [2.45, 2.75) is 59.3 Å². The Bertz CT molecular complexity index is 2440. The molecule has 0 bridgehead atoms. The lowest BCUT2D eigenvalue weighted by Gasteiger charge is -2.30. The monoisotopic (exact) mass is 716 g/mol. The maximum atomic E-state index is 4.16. The van der Waals surface area contributed by atoms with Gasteiger partial charge in [-0.2, -0.15) is 0 Å². The highest BCUT2D eigenvalue weighted by Gasteiger charge is 2.37. The summed E-state index contributed by atoms with van der Waals surface area (Å²) in [7, 11) is 0. The van der Waals surface area contributed by atoms with Crippen molar-refractivity contribution in [1.82, 2.24) is 0 Å². The second kappa shape index (κ2) is 15.0. The van der Waals surface area contributed by atoms with E-state index in [2.05, 4.69) is 223 Å². The zero-order valence-electron chi connectivity index (χ0n) is 33.4. The third-order valence-electron chi connectivity index (χ3n) is 11.3. The van der Waals surface area contributed by atoms with Crippen molar-refractivity contribution in [2.75, 3.05) is 9.80 Å². The second-order valence-electron chi connectivity index (χ2n) is 15.9. The lowest BCUT2D eigenvalue weighted by atomic mass is 9.77. The summed E-state index contributed by atoms with van der Waals surface area (Å²) in [5, 5.41) is 0. The zero-order valence-corrected chi connectivity index (χ0v) is 33.4. The lowest BCUT2D eigenvalue weighted by Crippen LogP contribution is -2.20. The van der Waals surface area contributed by atoms with Gasteiger partial charge in [-0.3, -0.25) is 0 Å². The van der Waals surface area contributed by atoms with E-state index in [-0.39, 0.29) is 10.8 Å². The van der Waals surface area contributed by atoms with Crippen LogP contribution in [0, 0.1) is 13.8 Å². The molecule has 0 heterocycles. The molecule has 0 aromatic heterocycles. The maximum Gasteiger partial charge on any atom is 0.0465 e. The van der Waals surface area contributed by atoms with Crippen LogP contribution in [0.5, 0.6) is 0 Å². The van der Waals surface area contributed by atoms with Gasteiger partial charge in [-0.15, -0.1) is 0 Å². The Labute approximate surface area is 329 Å². The van der Waals surface area contributed by atoms with Crippen LogP contribution in [0.4, 0.5) is 34.1 Å². The molecule has 0 spiro atoms. The molecule has 0 saturated heterocycles. The zero-order chi connectivity index (χ0) is 38.9. The molecule has 0 fully saturated rings. The summed E-state index contributed by atoms with van der Waals surface area (Å²) >= 11 is 0. The molecule has 0 amide bonds. The number of hydrogen-bond acceptors (Lipinski definition) is 2. The predicted molar refractivity (Wildman–Crippen MR) is 238 cm³/mol. The molecule has 6 aromatic rings. The summed E-state index contributed by atoms with van der Waals surface area (Å²) in [6, 6.07) is 51.3. The Morgan fingerprint density at radius 2 is 0.982 bits per heavy atom. The minimum Gasteiger partial charge on any atom is -0.310 e. The molecule has 55 heavy (non-hydrogen) atoms. The van der Waals surface area contributed by atoms with Gasteiger partial charge in [0.1, 0.15) is 0 Å². The first-order valence-corrected chi connectivity index (χ1v) is 19.2. The molecular weight excluding hydrogens is 665 g/mol. The number of para-hydroxylation sites is 1. The molecule has 0 N–H and O–H groups in total. The van der Waals surface area contributed by atoms with Gasteiger partial charge in [0.2, 0.25) is 0 Å². The van der Waals surface area contributed by atoms with Crippen molar-refractivity contribution >= 4 is 34.1 Å². The van der Waals surface area contributed by atoms with E-state index in [1.54, 1.807) is 0 Å². The quantitative estimate of drug-likeness (QED) is 0.123. The molecule has 1 aliphatic carbocycles. The third kappa shape index (κ3) is 7.13. The number of aryl methyl sites for hydroxylation is 2. The molecule has 0 atom stereocenters. The number of fused-ring (bicyclic) bond motifs is 3. The van der Waals surface area contributed by atoms with Crippen LogP contribution in [-0.4, -0.2) is 0 Å². The van der Waals surface area contributed by atoms with Gasteiger partial charge in [0.15, 0.2) is 0 Å². The van der Waals surface area contributed by atoms with Gasteiger partial charge in [0.25, 0.3) is 0 Å². The molecule has 7 rings (SSSR count). The number of anilines is 6. The Morgan fingerprint density at radius 1 is 0.527 bits per heavy atom. The van der Waals surface area contributed by atoms with Crippen LogP contribution in [0.2, 0.25) is 0 Å². The molecule has 1 aliphatic rings. The minimum absolute atomic E-state index is 0.219. The molecule has 2 nitrogen and oxygen atoms in total. The van der Waals surface area contributed by atoms with Crippen LogP contribution in [0.1, 0.15) is 62.4 Å². The van der Waals surface area contributed by atoms with E-state index >= 15 is 0 Å². The number of rotatable bonds is 11. The van der Waals surface area contributed by atoms with Crippen molar-refractivity contribution in [3.05, 3.63) is 216 Å². The van der Waals surface area contributed by atoms with Crippen LogP contribution >= 0.6 is 0 Å². The van der Waals surface area contributed by atoms with Crippen LogP contribution in [-0.2, 0) is 10.8 Å². The predicted octanol–water partition coefficient (Wildman–Crippen LogP) is 15.1. The Kier molecular flexibility index (Phi) is 10.1. The van der Waals surface area contributed by atoms with Gasteiger partial charge in [0.05, 0.1) is 0 Å². The van der Waals surface area contributed by atoms with Crippen molar-refractivity contribution in [2.24, 2.45) is 0 Å². The summed E-state index contributed by atoms with van der Waals surface area (Å²) in [5.41, 5.74) is 17.6. The van der Waals surface area contributed by atoms with E-state index in [0.29, 0.717) is 0 Å². The lowest BCUT2D eigenvalue weighted by molar-refractivity contribution is 0.639. The van der Waals surface area contributed by atoms with Gasteiger partial charge >= 0.3 is 0 Å². The van der Waals surface area contributed by atoms with E-state index in [4.69, 9.17) is 0 Å². The van der Waals surface area contributed by atoms with E-state index < -0.39 is 0 Å². The second-order valence-corrected chi connectivity index (χ2v) is 15.9. The molecule has 0 aliphatic heterocycles. The van der Waals surface area contributed by atoms with E-state index in [9.17, 15) is 0 Å². The summed E-state index contributed by atoms with van der Waals surface area (Å²) in [6.45, 7) is 23.7. The SMILES string of the molecule is C=C/C(C)=C/C=C(\C=C)C(C)(C)c1ccc(N(c2cccc(C)c2)c2ccc3c(c2)C(C)(C)c2cc(N(c4ccccc4)c4cccc(C)c4)ccc2-3)cc1. The van der Waals surface area contributed by atoms with E-state index in [1.165, 1.54) is 38.9 Å². The molecule has 0 unspecified atom stereocenters. The summed E-state index contributed by atoms with van der Waals surface area (Å²) in [6.07, 6.45) is 8.11. The van der Waals surface area contributed by atoms with Crippen LogP contribution < -0.4 is 9.80 Å². The molecule has 274 valence electrons. The maximum absolute atomic E-state index is 4.16. The minimum atomic E-state index is -0.232. The number of nitrogens with zero attached hydrogens (tertiary/aromatic N) is 2. The first-order chi connectivity index (χ1) is 26.4. The van der Waals surface area contributed by atoms with Gasteiger partial charge in [0, 0.05) is 45.0 Å². The number of benzene rings is 6. The summed E-state index contributed by atoms with van der Waals surface area (Å²) in [4.78, 5) is 4.76. The van der Waals surface area contributed by atoms with Crippen LogP contribution in [0.15, 0.2) is 188 Å². The summed E-state index contributed by atoms with van der Waals surface area (Å²) < 4.78 is 0. The fourth-order valence-electron chi connectivity index (χ4n) is 8.01. The Hall–Kier alpha value is -6.12. The molecule has 6 aromatic carbocycles. The fourth-order valence-corrected chi connectivity index (χ4v) is 8.01. The van der Waals surface area contributed by atoms with Crippen molar-refractivity contribution in [1.29, 1.82) is 0 Å².